The third-order valence-electron chi connectivity index (χ3n) is 3.38. The molecule has 0 amide bonds. The first-order valence-electron chi connectivity index (χ1n) is 6.44. The van der Waals surface area contributed by atoms with Gasteiger partial charge in [0, 0.05) is 12.6 Å². The lowest BCUT2D eigenvalue weighted by Crippen LogP contribution is -2.19. The van der Waals surface area contributed by atoms with Crippen LogP contribution < -0.4 is 5.73 Å². The number of rotatable bonds is 5. The lowest BCUT2D eigenvalue weighted by Gasteiger charge is -2.16. The minimum atomic E-state index is -0.854. The van der Waals surface area contributed by atoms with E-state index in [1.807, 2.05) is 18.2 Å². The zero-order valence-corrected chi connectivity index (χ0v) is 10.5. The van der Waals surface area contributed by atoms with Crippen LogP contribution in [0.4, 0.5) is 0 Å². The molecule has 98 valence electrons. The van der Waals surface area contributed by atoms with Gasteiger partial charge in [0.1, 0.15) is 0 Å². The highest BCUT2D eigenvalue weighted by molar-refractivity contribution is 5.67. The molecule has 0 aromatic heterocycles. The van der Waals surface area contributed by atoms with Gasteiger partial charge < -0.3 is 10.8 Å². The number of hydrogen-bond acceptors (Lipinski definition) is 3. The molecule has 0 radical (unpaired) electrons. The van der Waals surface area contributed by atoms with Crippen molar-refractivity contribution in [2.75, 3.05) is 13.1 Å². The largest absolute Gasteiger partial charge is 0.481 e. The standard InChI is InChI=1S/C14H20N2O2/c15-13(9-14(17)18)12-5-3-4-11(8-12)10-16-6-1-2-7-16/h3-5,8,13H,1-2,6-7,9-10,15H2,(H,17,18). The van der Waals surface area contributed by atoms with Crippen LogP contribution in [0.5, 0.6) is 0 Å². The fourth-order valence-electron chi connectivity index (χ4n) is 2.43. The SMILES string of the molecule is NC(CC(=O)O)c1cccc(CN2CCCC2)c1. The van der Waals surface area contributed by atoms with Crippen LogP contribution in [0.3, 0.4) is 0 Å². The molecule has 0 spiro atoms. The molecule has 0 aliphatic carbocycles. The van der Waals surface area contributed by atoms with E-state index in [4.69, 9.17) is 10.8 Å². The predicted octanol–water partition coefficient (Wildman–Crippen LogP) is 1.76. The van der Waals surface area contributed by atoms with E-state index in [-0.39, 0.29) is 6.42 Å². The van der Waals surface area contributed by atoms with Gasteiger partial charge in [-0.15, -0.1) is 0 Å². The van der Waals surface area contributed by atoms with Crippen LogP contribution in [-0.4, -0.2) is 29.1 Å². The van der Waals surface area contributed by atoms with Gasteiger partial charge in [0.15, 0.2) is 0 Å². The van der Waals surface area contributed by atoms with E-state index in [0.717, 1.165) is 25.2 Å². The van der Waals surface area contributed by atoms with E-state index in [0.29, 0.717) is 0 Å². The zero-order valence-electron chi connectivity index (χ0n) is 10.5. The monoisotopic (exact) mass is 248 g/mol. The molecule has 0 saturated carbocycles. The summed E-state index contributed by atoms with van der Waals surface area (Å²) in [5, 5.41) is 8.76. The number of nitrogens with two attached hydrogens (primary N) is 1. The van der Waals surface area contributed by atoms with Gasteiger partial charge in [-0.05, 0) is 37.1 Å². The zero-order chi connectivity index (χ0) is 13.0. The average molecular weight is 248 g/mol. The van der Waals surface area contributed by atoms with E-state index in [2.05, 4.69) is 11.0 Å². The van der Waals surface area contributed by atoms with Crippen LogP contribution in [-0.2, 0) is 11.3 Å². The Kier molecular flexibility index (Phi) is 4.33. The Morgan fingerprint density at radius 1 is 1.39 bits per heavy atom. The summed E-state index contributed by atoms with van der Waals surface area (Å²) in [5.41, 5.74) is 8.01. The number of carboxylic acids is 1. The van der Waals surface area contributed by atoms with Crippen molar-refractivity contribution in [1.29, 1.82) is 0 Å². The molecule has 3 N–H and O–H groups in total. The van der Waals surface area contributed by atoms with Crippen molar-refractivity contribution in [1.82, 2.24) is 4.90 Å². The Labute approximate surface area is 107 Å². The van der Waals surface area contributed by atoms with E-state index < -0.39 is 12.0 Å². The first kappa shape index (κ1) is 13.1. The van der Waals surface area contributed by atoms with Crippen molar-refractivity contribution >= 4 is 5.97 Å². The first-order chi connectivity index (χ1) is 8.65. The number of carboxylic acid groups (broad SMARTS) is 1. The molecule has 1 fully saturated rings. The Balaban J connectivity index is 2.01. The Morgan fingerprint density at radius 2 is 2.11 bits per heavy atom. The number of hydrogen-bond donors (Lipinski definition) is 2. The number of aliphatic carboxylic acids is 1. The van der Waals surface area contributed by atoms with Crippen LogP contribution in [0.2, 0.25) is 0 Å². The Morgan fingerprint density at radius 3 is 2.78 bits per heavy atom. The summed E-state index contributed by atoms with van der Waals surface area (Å²) in [4.78, 5) is 13.1. The minimum absolute atomic E-state index is 0.0207. The second-order valence-corrected chi connectivity index (χ2v) is 4.93. The van der Waals surface area contributed by atoms with Gasteiger partial charge in [-0.25, -0.2) is 0 Å². The van der Waals surface area contributed by atoms with Crippen LogP contribution >= 0.6 is 0 Å². The molecular formula is C14H20N2O2. The maximum atomic E-state index is 10.7. The average Bonchev–Trinajstić information content (AvgIpc) is 2.81. The van der Waals surface area contributed by atoms with Crippen molar-refractivity contribution in [3.63, 3.8) is 0 Å². The normalized spacial score (nSPS) is 17.8. The molecule has 1 unspecified atom stereocenters. The number of nitrogens with zero attached hydrogens (tertiary/aromatic N) is 1. The van der Waals surface area contributed by atoms with Crippen molar-refractivity contribution < 1.29 is 9.90 Å². The summed E-state index contributed by atoms with van der Waals surface area (Å²) in [7, 11) is 0. The minimum Gasteiger partial charge on any atom is -0.481 e. The summed E-state index contributed by atoms with van der Waals surface area (Å²) in [6.45, 7) is 3.25. The first-order valence-corrected chi connectivity index (χ1v) is 6.44. The lowest BCUT2D eigenvalue weighted by atomic mass is 10.0. The molecule has 4 nitrogen and oxygen atoms in total. The molecule has 18 heavy (non-hydrogen) atoms. The molecule has 1 aromatic carbocycles. The van der Waals surface area contributed by atoms with Crippen molar-refractivity contribution in [3.8, 4) is 0 Å². The maximum absolute atomic E-state index is 10.7. The van der Waals surface area contributed by atoms with Crippen molar-refractivity contribution in [2.45, 2.75) is 31.8 Å². The van der Waals surface area contributed by atoms with Gasteiger partial charge in [-0.3, -0.25) is 9.69 Å². The molecule has 1 heterocycles. The molecular weight excluding hydrogens is 228 g/mol. The quantitative estimate of drug-likeness (QED) is 0.833. The molecule has 4 heteroatoms. The van der Waals surface area contributed by atoms with Gasteiger partial charge in [0.25, 0.3) is 0 Å². The Hall–Kier alpha value is -1.39. The summed E-state index contributed by atoms with van der Waals surface area (Å²) in [5.74, 6) is -0.854. The highest BCUT2D eigenvalue weighted by atomic mass is 16.4. The molecule has 1 atom stereocenters. The third kappa shape index (κ3) is 3.55. The van der Waals surface area contributed by atoms with Gasteiger partial charge in [-0.1, -0.05) is 24.3 Å². The molecule has 2 rings (SSSR count). The maximum Gasteiger partial charge on any atom is 0.305 e. The van der Waals surface area contributed by atoms with Crippen molar-refractivity contribution in [2.24, 2.45) is 5.73 Å². The second-order valence-electron chi connectivity index (χ2n) is 4.93. The molecule has 1 aliphatic heterocycles. The smallest absolute Gasteiger partial charge is 0.305 e. The number of carbonyl (C=O) groups is 1. The predicted molar refractivity (Wildman–Crippen MR) is 70.1 cm³/mol. The molecule has 1 saturated heterocycles. The van der Waals surface area contributed by atoms with E-state index >= 15 is 0 Å². The number of benzene rings is 1. The van der Waals surface area contributed by atoms with Gasteiger partial charge in [0.05, 0.1) is 6.42 Å². The third-order valence-corrected chi connectivity index (χ3v) is 3.38. The highest BCUT2D eigenvalue weighted by Gasteiger charge is 2.14. The second kappa shape index (κ2) is 5.98. The van der Waals surface area contributed by atoms with Gasteiger partial charge >= 0.3 is 5.97 Å². The summed E-state index contributed by atoms with van der Waals surface area (Å²) >= 11 is 0. The van der Waals surface area contributed by atoms with Crippen LogP contribution in [0, 0.1) is 0 Å². The topological polar surface area (TPSA) is 66.6 Å². The highest BCUT2D eigenvalue weighted by Crippen LogP contribution is 2.18. The Bertz CT molecular complexity index is 414. The molecule has 0 bridgehead atoms. The fraction of sp³-hybridized carbons (Fsp3) is 0.500. The van der Waals surface area contributed by atoms with E-state index in [1.54, 1.807) is 0 Å². The van der Waals surface area contributed by atoms with Crippen molar-refractivity contribution in [3.05, 3.63) is 35.4 Å². The van der Waals surface area contributed by atoms with E-state index in [1.165, 1.54) is 18.4 Å². The van der Waals surface area contributed by atoms with Crippen LogP contribution in [0.1, 0.15) is 36.4 Å². The molecule has 1 aliphatic rings. The van der Waals surface area contributed by atoms with Crippen LogP contribution in [0.25, 0.3) is 0 Å². The van der Waals surface area contributed by atoms with Gasteiger partial charge in [-0.2, -0.15) is 0 Å². The number of likely N-dealkylation sites (tertiary alicyclic amines) is 1. The fourth-order valence-corrected chi connectivity index (χ4v) is 2.43. The molecule has 1 aromatic rings. The van der Waals surface area contributed by atoms with Crippen LogP contribution in [0.15, 0.2) is 24.3 Å². The van der Waals surface area contributed by atoms with Gasteiger partial charge in [0.2, 0.25) is 0 Å². The summed E-state index contributed by atoms with van der Waals surface area (Å²) in [6, 6.07) is 7.56. The lowest BCUT2D eigenvalue weighted by molar-refractivity contribution is -0.137. The van der Waals surface area contributed by atoms with E-state index in [9.17, 15) is 4.79 Å². The summed E-state index contributed by atoms with van der Waals surface area (Å²) in [6.07, 6.45) is 2.53. The summed E-state index contributed by atoms with van der Waals surface area (Å²) < 4.78 is 0.